The van der Waals surface area contributed by atoms with E-state index in [4.69, 9.17) is 0 Å². The summed E-state index contributed by atoms with van der Waals surface area (Å²) in [4.78, 5) is 26.3. The van der Waals surface area contributed by atoms with Crippen molar-refractivity contribution >= 4 is 17.5 Å². The topological polar surface area (TPSA) is 49.4 Å². The van der Waals surface area contributed by atoms with Gasteiger partial charge in [0.05, 0.1) is 0 Å². The SMILES string of the molecule is CCc1cccc(C)c1N(CCNC(=O)c1ccc(C)c(C)c1)C(C)=O. The van der Waals surface area contributed by atoms with Crippen LogP contribution in [0, 0.1) is 20.8 Å². The highest BCUT2D eigenvalue weighted by atomic mass is 16.2. The van der Waals surface area contributed by atoms with E-state index < -0.39 is 0 Å². The van der Waals surface area contributed by atoms with Crippen molar-refractivity contribution in [1.29, 1.82) is 0 Å². The largest absolute Gasteiger partial charge is 0.350 e. The van der Waals surface area contributed by atoms with Gasteiger partial charge in [0.1, 0.15) is 0 Å². The van der Waals surface area contributed by atoms with Gasteiger partial charge in [-0.2, -0.15) is 0 Å². The first kappa shape index (κ1) is 19.7. The highest BCUT2D eigenvalue weighted by Crippen LogP contribution is 2.25. The number of hydrogen-bond donors (Lipinski definition) is 1. The molecule has 0 aliphatic rings. The minimum absolute atomic E-state index is 0.0190. The lowest BCUT2D eigenvalue weighted by Crippen LogP contribution is -2.38. The summed E-state index contributed by atoms with van der Waals surface area (Å²) in [5.41, 5.74) is 6.07. The van der Waals surface area contributed by atoms with Gasteiger partial charge < -0.3 is 10.2 Å². The maximum Gasteiger partial charge on any atom is 0.251 e. The van der Waals surface area contributed by atoms with E-state index in [0.717, 1.165) is 34.4 Å². The Kier molecular flexibility index (Phi) is 6.56. The highest BCUT2D eigenvalue weighted by Gasteiger charge is 2.17. The van der Waals surface area contributed by atoms with Crippen LogP contribution in [-0.2, 0) is 11.2 Å². The first-order valence-electron chi connectivity index (χ1n) is 9.07. The first-order chi connectivity index (χ1) is 12.3. The van der Waals surface area contributed by atoms with Crippen LogP contribution in [0.5, 0.6) is 0 Å². The van der Waals surface area contributed by atoms with Crippen LogP contribution in [0.1, 0.15) is 46.5 Å². The number of para-hydroxylation sites is 1. The number of nitrogens with one attached hydrogen (secondary N) is 1. The van der Waals surface area contributed by atoms with E-state index in [1.165, 1.54) is 0 Å². The summed E-state index contributed by atoms with van der Waals surface area (Å²) < 4.78 is 0. The molecule has 0 spiro atoms. The molecule has 2 aromatic rings. The lowest BCUT2D eigenvalue weighted by atomic mass is 10.0. The zero-order valence-electron chi connectivity index (χ0n) is 16.3. The first-order valence-corrected chi connectivity index (χ1v) is 9.07. The van der Waals surface area contributed by atoms with Crippen LogP contribution in [0.3, 0.4) is 0 Å². The third kappa shape index (κ3) is 4.51. The summed E-state index contributed by atoms with van der Waals surface area (Å²) in [5.74, 6) is -0.133. The number of nitrogens with zero attached hydrogens (tertiary/aromatic N) is 1. The summed E-state index contributed by atoms with van der Waals surface area (Å²) in [6, 6.07) is 11.7. The second-order valence-electron chi connectivity index (χ2n) is 6.66. The molecule has 0 aliphatic heterocycles. The number of anilines is 1. The molecule has 26 heavy (non-hydrogen) atoms. The molecule has 0 aliphatic carbocycles. The molecule has 138 valence electrons. The molecular weight excluding hydrogens is 324 g/mol. The average Bonchev–Trinajstić information content (AvgIpc) is 2.61. The van der Waals surface area contributed by atoms with Crippen LogP contribution in [-0.4, -0.2) is 24.9 Å². The Balaban J connectivity index is 2.09. The van der Waals surface area contributed by atoms with Gasteiger partial charge in [0.2, 0.25) is 5.91 Å². The number of aryl methyl sites for hydroxylation is 4. The van der Waals surface area contributed by atoms with Crippen molar-refractivity contribution in [3.63, 3.8) is 0 Å². The zero-order valence-corrected chi connectivity index (χ0v) is 16.3. The number of benzene rings is 2. The Morgan fingerprint density at radius 2 is 1.73 bits per heavy atom. The van der Waals surface area contributed by atoms with E-state index in [1.807, 2.05) is 57.2 Å². The van der Waals surface area contributed by atoms with Crippen molar-refractivity contribution in [3.8, 4) is 0 Å². The van der Waals surface area contributed by atoms with Gasteiger partial charge in [-0.15, -0.1) is 0 Å². The Morgan fingerprint density at radius 1 is 1.00 bits per heavy atom. The highest BCUT2D eigenvalue weighted by molar-refractivity contribution is 5.95. The molecule has 2 aromatic carbocycles. The van der Waals surface area contributed by atoms with Gasteiger partial charge in [0.15, 0.2) is 0 Å². The molecule has 2 rings (SSSR count). The molecule has 0 saturated heterocycles. The molecule has 0 saturated carbocycles. The molecule has 0 aromatic heterocycles. The van der Waals surface area contributed by atoms with E-state index in [0.29, 0.717) is 18.7 Å². The predicted molar refractivity (Wildman–Crippen MR) is 107 cm³/mol. The molecule has 4 nitrogen and oxygen atoms in total. The minimum atomic E-state index is -0.114. The Hall–Kier alpha value is -2.62. The molecule has 0 atom stereocenters. The molecule has 0 heterocycles. The second-order valence-corrected chi connectivity index (χ2v) is 6.66. The zero-order chi connectivity index (χ0) is 19.3. The van der Waals surface area contributed by atoms with Crippen molar-refractivity contribution in [1.82, 2.24) is 5.32 Å². The number of carbonyl (C=O) groups excluding carboxylic acids is 2. The average molecular weight is 352 g/mol. The molecule has 2 amide bonds. The normalized spacial score (nSPS) is 10.5. The lowest BCUT2D eigenvalue weighted by molar-refractivity contribution is -0.116. The van der Waals surface area contributed by atoms with Crippen LogP contribution in [0.15, 0.2) is 36.4 Å². The number of carbonyl (C=O) groups is 2. The summed E-state index contributed by atoms with van der Waals surface area (Å²) >= 11 is 0. The standard InChI is InChI=1S/C22H28N2O2/c1-6-19-9-7-8-16(3)21(19)24(18(5)25)13-12-23-22(26)20-11-10-15(2)17(4)14-20/h7-11,14H,6,12-13H2,1-5H3,(H,23,26). The molecule has 0 fully saturated rings. The predicted octanol–water partition coefficient (Wildman–Crippen LogP) is 3.96. The number of rotatable bonds is 6. The van der Waals surface area contributed by atoms with Crippen molar-refractivity contribution in [2.24, 2.45) is 0 Å². The summed E-state index contributed by atoms with van der Waals surface area (Å²) in [6.07, 6.45) is 0.857. The fraction of sp³-hybridized carbons (Fsp3) is 0.364. The van der Waals surface area contributed by atoms with Crippen LogP contribution >= 0.6 is 0 Å². The van der Waals surface area contributed by atoms with Gasteiger partial charge in [0, 0.05) is 31.3 Å². The maximum absolute atomic E-state index is 12.4. The Labute approximate surface area is 156 Å². The molecule has 1 N–H and O–H groups in total. The van der Waals surface area contributed by atoms with E-state index in [-0.39, 0.29) is 11.8 Å². The molecular formula is C22H28N2O2. The summed E-state index contributed by atoms with van der Waals surface area (Å²) in [7, 11) is 0. The van der Waals surface area contributed by atoms with Crippen molar-refractivity contribution in [2.45, 2.75) is 41.0 Å². The van der Waals surface area contributed by atoms with Gasteiger partial charge in [-0.25, -0.2) is 0 Å². The number of hydrogen-bond acceptors (Lipinski definition) is 2. The second kappa shape index (κ2) is 8.65. The summed E-state index contributed by atoms with van der Waals surface area (Å²) in [6.45, 7) is 10.5. The van der Waals surface area contributed by atoms with Gasteiger partial charge in [-0.1, -0.05) is 31.2 Å². The molecule has 0 bridgehead atoms. The monoisotopic (exact) mass is 352 g/mol. The van der Waals surface area contributed by atoms with Crippen LogP contribution < -0.4 is 10.2 Å². The minimum Gasteiger partial charge on any atom is -0.350 e. The van der Waals surface area contributed by atoms with Crippen LogP contribution in [0.2, 0.25) is 0 Å². The third-order valence-electron chi connectivity index (χ3n) is 4.74. The van der Waals surface area contributed by atoms with E-state index in [1.54, 1.807) is 11.8 Å². The van der Waals surface area contributed by atoms with Crippen molar-refractivity contribution in [2.75, 3.05) is 18.0 Å². The maximum atomic E-state index is 12.4. The Morgan fingerprint density at radius 3 is 2.35 bits per heavy atom. The quantitative estimate of drug-likeness (QED) is 0.855. The fourth-order valence-electron chi connectivity index (χ4n) is 3.08. The van der Waals surface area contributed by atoms with Crippen LogP contribution in [0.4, 0.5) is 5.69 Å². The van der Waals surface area contributed by atoms with Crippen LogP contribution in [0.25, 0.3) is 0 Å². The fourth-order valence-corrected chi connectivity index (χ4v) is 3.08. The number of amides is 2. The van der Waals surface area contributed by atoms with Crippen molar-refractivity contribution in [3.05, 3.63) is 64.2 Å². The molecule has 0 unspecified atom stereocenters. The Bertz CT molecular complexity index is 812. The van der Waals surface area contributed by atoms with Gasteiger partial charge in [-0.3, -0.25) is 9.59 Å². The summed E-state index contributed by atoms with van der Waals surface area (Å²) in [5, 5.41) is 2.92. The third-order valence-corrected chi connectivity index (χ3v) is 4.74. The lowest BCUT2D eigenvalue weighted by Gasteiger charge is -2.26. The van der Waals surface area contributed by atoms with E-state index >= 15 is 0 Å². The van der Waals surface area contributed by atoms with Gasteiger partial charge >= 0.3 is 0 Å². The van der Waals surface area contributed by atoms with Gasteiger partial charge in [-0.05, 0) is 61.6 Å². The molecule has 0 radical (unpaired) electrons. The van der Waals surface area contributed by atoms with E-state index in [9.17, 15) is 9.59 Å². The van der Waals surface area contributed by atoms with Gasteiger partial charge in [0.25, 0.3) is 5.91 Å². The van der Waals surface area contributed by atoms with Crippen molar-refractivity contribution < 1.29 is 9.59 Å². The molecule has 4 heteroatoms. The smallest absolute Gasteiger partial charge is 0.251 e. The van der Waals surface area contributed by atoms with E-state index in [2.05, 4.69) is 12.2 Å².